The van der Waals surface area contributed by atoms with E-state index in [1.807, 2.05) is 24.6 Å². The van der Waals surface area contributed by atoms with Gasteiger partial charge < -0.3 is 0 Å². The zero-order chi connectivity index (χ0) is 18.6. The van der Waals surface area contributed by atoms with Crippen LogP contribution in [-0.2, 0) is 4.79 Å². The molecule has 1 aromatic rings. The maximum Gasteiger partial charge on any atom is 0.402 e. The van der Waals surface area contributed by atoms with Gasteiger partial charge in [-0.15, -0.1) is 0 Å². The van der Waals surface area contributed by atoms with E-state index in [-0.39, 0.29) is 17.9 Å². The Balaban J connectivity index is 1.75. The summed E-state index contributed by atoms with van der Waals surface area (Å²) < 4.78 is 4.25. The smallest absolute Gasteiger partial charge is 0.270 e. The summed E-state index contributed by atoms with van der Waals surface area (Å²) in [6.07, 6.45) is 8.10. The third-order valence-corrected chi connectivity index (χ3v) is 5.74. The first-order valence-corrected chi connectivity index (χ1v) is 9.70. The van der Waals surface area contributed by atoms with Gasteiger partial charge in [0.25, 0.3) is 5.91 Å². The normalized spacial score (nSPS) is 23.6. The Morgan fingerprint density at radius 1 is 1.23 bits per heavy atom. The highest BCUT2D eigenvalue weighted by molar-refractivity contribution is 6.19. The van der Waals surface area contributed by atoms with Crippen molar-refractivity contribution >= 4 is 23.7 Å². The number of carbonyl (C=O) groups is 2. The van der Waals surface area contributed by atoms with E-state index in [1.165, 1.54) is 24.2 Å². The molecule has 0 radical (unpaired) electrons. The summed E-state index contributed by atoms with van der Waals surface area (Å²) in [4.78, 5) is 33.5. The van der Waals surface area contributed by atoms with Gasteiger partial charge in [0.1, 0.15) is 11.9 Å². The molecule has 26 heavy (non-hydrogen) atoms. The molecule has 4 rings (SSSR count). The van der Waals surface area contributed by atoms with Crippen molar-refractivity contribution in [2.45, 2.75) is 65.0 Å². The number of amides is 3. The summed E-state index contributed by atoms with van der Waals surface area (Å²) in [6.45, 7) is 6.55. The van der Waals surface area contributed by atoms with Gasteiger partial charge in [-0.1, -0.05) is 25.3 Å². The number of aryl methyl sites for hydroxylation is 1. The first-order valence-electron chi connectivity index (χ1n) is 9.70. The van der Waals surface area contributed by atoms with Crippen LogP contribution >= 0.6 is 0 Å². The van der Waals surface area contributed by atoms with E-state index < -0.39 is 6.04 Å². The average Bonchev–Trinajstić information content (AvgIpc) is 3.12. The summed E-state index contributed by atoms with van der Waals surface area (Å²) in [5, 5.41) is 0. The minimum atomic E-state index is -0.519. The average molecular weight is 358 g/mol. The number of nitrogens with zero attached hydrogens (tertiary/aromatic N) is 5. The Bertz CT molecular complexity index is 788. The van der Waals surface area contributed by atoms with Gasteiger partial charge in [-0.3, -0.25) is 14.6 Å². The Morgan fingerprint density at radius 3 is 2.58 bits per heavy atom. The van der Waals surface area contributed by atoms with Gasteiger partial charge in [0.2, 0.25) is 11.9 Å². The molecule has 2 fully saturated rings. The number of aromatic nitrogens is 2. The number of likely N-dealkylation sites (N-methyl/N-ethyl adjacent to an activating group) is 1. The predicted octanol–water partition coefficient (Wildman–Crippen LogP) is 2.72. The van der Waals surface area contributed by atoms with Crippen molar-refractivity contribution in [3.05, 3.63) is 11.9 Å². The number of amidine groups is 1. The van der Waals surface area contributed by atoms with Gasteiger partial charge >= 0.3 is 12.0 Å². The first kappa shape index (κ1) is 17.2. The van der Waals surface area contributed by atoms with Crippen LogP contribution in [0.25, 0.3) is 0 Å². The van der Waals surface area contributed by atoms with Crippen molar-refractivity contribution in [1.29, 1.82) is 0 Å². The molecule has 3 amide bonds. The van der Waals surface area contributed by atoms with Gasteiger partial charge in [0, 0.05) is 13.6 Å². The standard InChI is InChI=1S/C19H28N5O2/c1-12(2)10-23-17(25)15-16(21(4)19(23)26)20-18-22(15)11-13(3)24(18)14-8-6-5-7-9-14/h11-12,14-15H,5-10H2,1-4H3/q+1. The summed E-state index contributed by atoms with van der Waals surface area (Å²) in [7, 11) is 1.72. The molecule has 1 unspecified atom stereocenters. The van der Waals surface area contributed by atoms with E-state index in [0.717, 1.165) is 24.5 Å². The van der Waals surface area contributed by atoms with Crippen molar-refractivity contribution in [3.8, 4) is 0 Å². The van der Waals surface area contributed by atoms with Crippen LogP contribution in [0.2, 0.25) is 0 Å². The maximum absolute atomic E-state index is 13.1. The Hall–Kier alpha value is -2.18. The molecule has 1 atom stereocenters. The lowest BCUT2D eigenvalue weighted by Gasteiger charge is -2.33. The van der Waals surface area contributed by atoms with Crippen LogP contribution in [0.5, 0.6) is 0 Å². The second-order valence-corrected chi connectivity index (χ2v) is 8.20. The lowest BCUT2D eigenvalue weighted by molar-refractivity contribution is -0.677. The number of fused-ring (bicyclic) bond motifs is 3. The van der Waals surface area contributed by atoms with E-state index in [2.05, 4.69) is 11.5 Å². The van der Waals surface area contributed by atoms with E-state index in [4.69, 9.17) is 4.99 Å². The van der Waals surface area contributed by atoms with Crippen LogP contribution in [0, 0.1) is 12.8 Å². The minimum absolute atomic E-state index is 0.162. The van der Waals surface area contributed by atoms with Crippen LogP contribution in [-0.4, -0.2) is 45.7 Å². The van der Waals surface area contributed by atoms with Crippen molar-refractivity contribution in [1.82, 2.24) is 14.4 Å². The van der Waals surface area contributed by atoms with Gasteiger partial charge in [-0.25, -0.2) is 13.9 Å². The van der Waals surface area contributed by atoms with Crippen molar-refractivity contribution in [3.63, 3.8) is 0 Å². The fourth-order valence-corrected chi connectivity index (χ4v) is 4.53. The number of imidazole rings is 1. The molecule has 1 saturated heterocycles. The summed E-state index contributed by atoms with van der Waals surface area (Å²) in [5.41, 5.74) is 1.14. The highest BCUT2D eigenvalue weighted by Crippen LogP contribution is 2.36. The number of aliphatic imine (C=N–C) groups is 1. The second kappa shape index (κ2) is 6.21. The molecule has 2 aliphatic heterocycles. The van der Waals surface area contributed by atoms with E-state index >= 15 is 0 Å². The third kappa shape index (κ3) is 2.47. The van der Waals surface area contributed by atoms with Crippen LogP contribution in [0.3, 0.4) is 0 Å². The Morgan fingerprint density at radius 2 is 1.92 bits per heavy atom. The number of rotatable bonds is 3. The number of carbonyl (C=O) groups excluding carboxylic acids is 2. The van der Waals surface area contributed by atoms with Crippen LogP contribution in [0.4, 0.5) is 10.7 Å². The van der Waals surface area contributed by atoms with Gasteiger partial charge in [0.15, 0.2) is 0 Å². The molecule has 1 aromatic heterocycles. The van der Waals surface area contributed by atoms with Crippen LogP contribution in [0.15, 0.2) is 11.2 Å². The molecule has 3 aliphatic rings. The molecular weight excluding hydrogens is 330 g/mol. The minimum Gasteiger partial charge on any atom is -0.270 e. The zero-order valence-electron chi connectivity index (χ0n) is 16.1. The van der Waals surface area contributed by atoms with Gasteiger partial charge in [-0.2, -0.15) is 0 Å². The molecule has 0 spiro atoms. The molecule has 0 N–H and O–H groups in total. The molecule has 140 valence electrons. The number of hydrogen-bond donors (Lipinski definition) is 0. The Labute approximate surface area is 154 Å². The monoisotopic (exact) mass is 358 g/mol. The zero-order valence-corrected chi connectivity index (χ0v) is 16.1. The topological polar surface area (TPSA) is 61.8 Å². The molecule has 0 aromatic carbocycles. The quantitative estimate of drug-likeness (QED) is 0.780. The van der Waals surface area contributed by atoms with E-state index in [0.29, 0.717) is 18.4 Å². The van der Waals surface area contributed by atoms with Crippen molar-refractivity contribution in [2.75, 3.05) is 13.6 Å². The van der Waals surface area contributed by atoms with E-state index in [1.54, 1.807) is 11.9 Å². The van der Waals surface area contributed by atoms with E-state index in [9.17, 15) is 9.59 Å². The number of imide groups is 1. The third-order valence-electron chi connectivity index (χ3n) is 5.74. The molecule has 1 aliphatic carbocycles. The first-order chi connectivity index (χ1) is 12.4. The molecular formula is C19H28N5O2+. The van der Waals surface area contributed by atoms with Gasteiger partial charge in [0.05, 0.1) is 6.04 Å². The number of urea groups is 1. The molecule has 1 saturated carbocycles. The summed E-state index contributed by atoms with van der Waals surface area (Å²) in [5.74, 6) is 1.44. The second-order valence-electron chi connectivity index (χ2n) is 8.20. The van der Waals surface area contributed by atoms with Crippen LogP contribution in [0.1, 0.15) is 63.7 Å². The lowest BCUT2D eigenvalue weighted by Crippen LogP contribution is -2.63. The van der Waals surface area contributed by atoms with Gasteiger partial charge in [-0.05, 0) is 38.5 Å². The number of hydrogen-bond acceptors (Lipinski definition) is 3. The molecule has 7 nitrogen and oxygen atoms in total. The SMILES string of the molecule is Cc1c[n+]2c(n1C1CCCCC1)N=C1C2C(=O)N(CC(C)C)C(=O)N1C. The highest BCUT2D eigenvalue weighted by Gasteiger charge is 2.53. The largest absolute Gasteiger partial charge is 0.402 e. The predicted molar refractivity (Wildman–Crippen MR) is 97.3 cm³/mol. The lowest BCUT2D eigenvalue weighted by atomic mass is 9.95. The highest BCUT2D eigenvalue weighted by atomic mass is 16.2. The fraction of sp³-hybridized carbons (Fsp3) is 0.684. The summed E-state index contributed by atoms with van der Waals surface area (Å²) in [6, 6.07) is -0.354. The molecule has 3 heterocycles. The van der Waals surface area contributed by atoms with Crippen LogP contribution < -0.4 is 4.57 Å². The Kier molecular flexibility index (Phi) is 4.12. The summed E-state index contributed by atoms with van der Waals surface area (Å²) >= 11 is 0. The maximum atomic E-state index is 13.1. The molecule has 7 heteroatoms. The fourth-order valence-electron chi connectivity index (χ4n) is 4.53. The van der Waals surface area contributed by atoms with Crippen molar-refractivity contribution < 1.29 is 14.2 Å². The molecule has 0 bridgehead atoms. The van der Waals surface area contributed by atoms with Crippen molar-refractivity contribution in [2.24, 2.45) is 10.9 Å².